The fraction of sp³-hybridized carbons (Fsp3) is 0.0625. The normalized spacial score (nSPS) is 12.3. The van der Waals surface area contributed by atoms with Gasteiger partial charge in [0.1, 0.15) is 11.9 Å². The van der Waals surface area contributed by atoms with E-state index in [1.807, 2.05) is 52.9 Å². The molecular weight excluding hydrogens is 382 g/mol. The summed E-state index contributed by atoms with van der Waals surface area (Å²) in [5.74, 6) is -0.313. The second-order valence-corrected chi connectivity index (χ2v) is 5.73. The van der Waals surface area contributed by atoms with Crippen LogP contribution in [0.25, 0.3) is 5.69 Å². The molecule has 3 nitrogen and oxygen atoms in total. The molecule has 0 spiro atoms. The van der Waals surface area contributed by atoms with Crippen molar-refractivity contribution in [3.05, 3.63) is 81.4 Å². The molecule has 0 aliphatic carbocycles. The summed E-state index contributed by atoms with van der Waals surface area (Å²) in [6.45, 7) is 0. The van der Waals surface area contributed by atoms with E-state index in [0.29, 0.717) is 14.8 Å². The molecule has 0 fully saturated rings. The zero-order valence-electron chi connectivity index (χ0n) is 10.9. The first-order valence-corrected chi connectivity index (χ1v) is 7.47. The first kappa shape index (κ1) is 14.2. The van der Waals surface area contributed by atoms with Crippen LogP contribution in [0.2, 0.25) is 0 Å². The lowest BCUT2D eigenvalue weighted by Crippen LogP contribution is -2.09. The second-order valence-electron chi connectivity index (χ2n) is 4.57. The highest BCUT2D eigenvalue weighted by Crippen LogP contribution is 2.27. The molecule has 0 radical (unpaired) electrons. The van der Waals surface area contributed by atoms with Gasteiger partial charge in [0.15, 0.2) is 0 Å². The van der Waals surface area contributed by atoms with Crippen LogP contribution in [0.3, 0.4) is 0 Å². The quantitative estimate of drug-likeness (QED) is 0.689. The van der Waals surface area contributed by atoms with Crippen molar-refractivity contribution in [2.45, 2.75) is 6.10 Å². The van der Waals surface area contributed by atoms with Crippen LogP contribution in [0.1, 0.15) is 17.4 Å². The van der Waals surface area contributed by atoms with Crippen molar-refractivity contribution in [1.29, 1.82) is 0 Å². The molecule has 106 valence electrons. The molecule has 0 aliphatic heterocycles. The third-order valence-corrected chi connectivity index (χ3v) is 4.14. The number of hydrogen-bond acceptors (Lipinski definition) is 2. The predicted octanol–water partition coefficient (Wildman–Crippen LogP) is 3.70. The lowest BCUT2D eigenvalue weighted by atomic mass is 10.1. The summed E-state index contributed by atoms with van der Waals surface area (Å²) in [6, 6.07) is 15.7. The minimum Gasteiger partial charge on any atom is -0.382 e. The third kappa shape index (κ3) is 2.84. The van der Waals surface area contributed by atoms with Crippen molar-refractivity contribution >= 4 is 22.6 Å². The van der Waals surface area contributed by atoms with Gasteiger partial charge in [-0.15, -0.1) is 0 Å². The minimum absolute atomic E-state index is 0.313. The lowest BCUT2D eigenvalue weighted by molar-refractivity contribution is 0.211. The fourth-order valence-corrected chi connectivity index (χ4v) is 2.96. The highest BCUT2D eigenvalue weighted by molar-refractivity contribution is 14.1. The molecule has 0 bridgehead atoms. The van der Waals surface area contributed by atoms with E-state index in [1.165, 1.54) is 12.1 Å². The molecule has 3 aromatic rings. The van der Waals surface area contributed by atoms with Gasteiger partial charge in [0, 0.05) is 15.3 Å². The molecule has 0 saturated heterocycles. The molecule has 1 heterocycles. The molecule has 1 N–H and O–H groups in total. The average molecular weight is 394 g/mol. The number of hydrogen-bond donors (Lipinski definition) is 1. The Morgan fingerprint density at radius 1 is 1.10 bits per heavy atom. The predicted molar refractivity (Wildman–Crippen MR) is 86.7 cm³/mol. The number of halogens is 2. The molecule has 2 aromatic carbocycles. The van der Waals surface area contributed by atoms with E-state index >= 15 is 0 Å². The summed E-state index contributed by atoms with van der Waals surface area (Å²) < 4.78 is 15.6. The molecule has 0 amide bonds. The topological polar surface area (TPSA) is 38.1 Å². The van der Waals surface area contributed by atoms with Crippen LogP contribution in [0, 0.1) is 9.39 Å². The third-order valence-electron chi connectivity index (χ3n) is 3.21. The summed E-state index contributed by atoms with van der Waals surface area (Å²) in [6.07, 6.45) is 0.780. The van der Waals surface area contributed by atoms with Crippen LogP contribution in [-0.2, 0) is 0 Å². The Morgan fingerprint density at radius 2 is 1.86 bits per heavy atom. The molecule has 21 heavy (non-hydrogen) atoms. The molecule has 0 aliphatic rings. The minimum atomic E-state index is -0.861. The van der Waals surface area contributed by atoms with Crippen molar-refractivity contribution in [2.24, 2.45) is 0 Å². The first-order valence-electron chi connectivity index (χ1n) is 6.39. The zero-order chi connectivity index (χ0) is 14.8. The van der Waals surface area contributed by atoms with Gasteiger partial charge in [0.05, 0.1) is 11.4 Å². The van der Waals surface area contributed by atoms with Gasteiger partial charge >= 0.3 is 0 Å². The number of benzene rings is 2. The van der Waals surface area contributed by atoms with Gasteiger partial charge in [-0.05, 0) is 52.9 Å². The van der Waals surface area contributed by atoms with Gasteiger partial charge in [-0.25, -0.2) is 9.07 Å². The van der Waals surface area contributed by atoms with Crippen molar-refractivity contribution in [3.63, 3.8) is 0 Å². The van der Waals surface area contributed by atoms with Crippen molar-refractivity contribution in [1.82, 2.24) is 9.78 Å². The maximum Gasteiger partial charge on any atom is 0.124 e. The van der Waals surface area contributed by atoms with Gasteiger partial charge in [0.25, 0.3) is 0 Å². The smallest absolute Gasteiger partial charge is 0.124 e. The van der Waals surface area contributed by atoms with Gasteiger partial charge < -0.3 is 5.11 Å². The lowest BCUT2D eigenvalue weighted by Gasteiger charge is -2.15. The van der Waals surface area contributed by atoms with Crippen molar-refractivity contribution in [2.75, 3.05) is 0 Å². The van der Waals surface area contributed by atoms with E-state index in [0.717, 1.165) is 5.69 Å². The molecule has 1 unspecified atom stereocenters. The largest absolute Gasteiger partial charge is 0.382 e. The van der Waals surface area contributed by atoms with Crippen LogP contribution in [0.5, 0.6) is 0 Å². The number of aliphatic hydroxyl groups excluding tert-OH is 1. The Kier molecular flexibility index (Phi) is 4.03. The summed E-state index contributed by atoms with van der Waals surface area (Å²) in [7, 11) is 0. The van der Waals surface area contributed by atoms with Crippen molar-refractivity contribution in [3.8, 4) is 5.69 Å². The van der Waals surface area contributed by atoms with E-state index in [1.54, 1.807) is 23.0 Å². The van der Waals surface area contributed by atoms with E-state index in [-0.39, 0.29) is 5.82 Å². The van der Waals surface area contributed by atoms with Crippen molar-refractivity contribution < 1.29 is 9.50 Å². The molecule has 0 saturated carbocycles. The average Bonchev–Trinajstić information content (AvgIpc) is 2.97. The number of rotatable bonds is 3. The van der Waals surface area contributed by atoms with Crippen LogP contribution in [-0.4, -0.2) is 14.9 Å². The summed E-state index contributed by atoms with van der Waals surface area (Å²) in [4.78, 5) is 0. The summed E-state index contributed by atoms with van der Waals surface area (Å²) >= 11 is 2.02. The maximum absolute atomic E-state index is 13.2. The summed E-state index contributed by atoms with van der Waals surface area (Å²) in [5.41, 5.74) is 2.18. The fourth-order valence-electron chi connectivity index (χ4n) is 2.19. The molecule has 5 heteroatoms. The van der Waals surface area contributed by atoms with Gasteiger partial charge in [-0.1, -0.05) is 24.3 Å². The van der Waals surface area contributed by atoms with Crippen LogP contribution in [0.4, 0.5) is 4.39 Å². The Bertz CT molecular complexity index is 758. The monoisotopic (exact) mass is 394 g/mol. The number of aromatic nitrogens is 2. The molecule has 3 rings (SSSR count). The first-order chi connectivity index (χ1) is 10.2. The van der Waals surface area contributed by atoms with Crippen LogP contribution in [0.15, 0.2) is 60.8 Å². The number of aliphatic hydroxyl groups is 1. The zero-order valence-corrected chi connectivity index (χ0v) is 13.1. The summed E-state index contributed by atoms with van der Waals surface area (Å²) in [5, 5.41) is 14.9. The molecule has 1 atom stereocenters. The van der Waals surface area contributed by atoms with E-state index in [2.05, 4.69) is 5.10 Å². The van der Waals surface area contributed by atoms with E-state index in [4.69, 9.17) is 0 Å². The highest BCUT2D eigenvalue weighted by atomic mass is 127. The Hall–Kier alpha value is -1.73. The standard InChI is InChI=1S/C16H12FIN2O/c17-11-6-7-13(14(18)10-11)16(21)15-8-9-19-20(15)12-4-2-1-3-5-12/h1-10,16,21H. The Morgan fingerprint density at radius 3 is 2.57 bits per heavy atom. The number of nitrogens with zero attached hydrogens (tertiary/aromatic N) is 2. The molecule has 1 aromatic heterocycles. The van der Waals surface area contributed by atoms with Crippen LogP contribution < -0.4 is 0 Å². The second kappa shape index (κ2) is 5.95. The van der Waals surface area contributed by atoms with Gasteiger partial charge in [-0.2, -0.15) is 5.10 Å². The number of para-hydroxylation sites is 1. The Balaban J connectivity index is 2.03. The van der Waals surface area contributed by atoms with E-state index < -0.39 is 6.10 Å². The SMILES string of the molecule is OC(c1ccc(F)cc1I)c1ccnn1-c1ccccc1. The maximum atomic E-state index is 13.2. The highest BCUT2D eigenvalue weighted by Gasteiger charge is 2.19. The molecular formula is C16H12FIN2O. The van der Waals surface area contributed by atoms with Crippen LogP contribution >= 0.6 is 22.6 Å². The van der Waals surface area contributed by atoms with Gasteiger partial charge in [-0.3, -0.25) is 0 Å². The van der Waals surface area contributed by atoms with E-state index in [9.17, 15) is 9.50 Å². The Labute approximate surface area is 135 Å². The van der Waals surface area contributed by atoms with Gasteiger partial charge in [0.2, 0.25) is 0 Å².